The molecule has 0 aliphatic carbocycles. The highest BCUT2D eigenvalue weighted by Gasteiger charge is 2.24. The molecule has 6 heteroatoms. The zero-order chi connectivity index (χ0) is 19.7. The van der Waals surface area contributed by atoms with E-state index in [9.17, 15) is 8.78 Å². The van der Waals surface area contributed by atoms with Crippen LogP contribution in [0.4, 0.5) is 8.78 Å². The van der Waals surface area contributed by atoms with Crippen LogP contribution >= 0.6 is 0 Å². The highest BCUT2D eigenvalue weighted by atomic mass is 79.9. The molecule has 0 saturated carbocycles. The number of aryl methyl sites for hydroxylation is 1. The predicted molar refractivity (Wildman–Crippen MR) is 103 cm³/mol. The smallest absolute Gasteiger partial charge is 0.329 e. The maximum atomic E-state index is 13.7. The number of imidazole rings is 1. The van der Waals surface area contributed by atoms with Crippen LogP contribution < -0.4 is 26.1 Å². The lowest BCUT2D eigenvalue weighted by molar-refractivity contribution is -0.519. The van der Waals surface area contributed by atoms with Gasteiger partial charge in [-0.05, 0) is 35.4 Å². The molecule has 0 N–H and O–H groups in total. The predicted octanol–water partition coefficient (Wildman–Crippen LogP) is 1.75. The summed E-state index contributed by atoms with van der Waals surface area (Å²) >= 11 is 0. The molecule has 0 spiro atoms. The molecule has 0 radical (unpaired) electrons. The first-order valence-corrected chi connectivity index (χ1v) is 9.14. The van der Waals surface area contributed by atoms with Crippen molar-refractivity contribution in [2.24, 2.45) is 0 Å². The molecule has 150 valence electrons. The molecule has 4 aromatic rings. The van der Waals surface area contributed by atoms with Crippen molar-refractivity contribution in [3.05, 3.63) is 101 Å². The second-order valence-corrected chi connectivity index (χ2v) is 6.87. The van der Waals surface area contributed by atoms with Gasteiger partial charge < -0.3 is 21.7 Å². The molecule has 2 aromatic heterocycles. The average Bonchev–Trinajstić information content (AvgIpc) is 2.92. The second-order valence-electron chi connectivity index (χ2n) is 6.87. The second kappa shape index (κ2) is 8.74. The summed E-state index contributed by atoms with van der Waals surface area (Å²) in [5.41, 5.74) is 4.56. The van der Waals surface area contributed by atoms with Crippen molar-refractivity contribution in [2.75, 3.05) is 0 Å². The Kier molecular flexibility index (Phi) is 6.33. The van der Waals surface area contributed by atoms with Crippen LogP contribution in [0.5, 0.6) is 5.75 Å². The van der Waals surface area contributed by atoms with E-state index in [4.69, 9.17) is 4.74 Å². The van der Waals surface area contributed by atoms with Gasteiger partial charge in [0.2, 0.25) is 5.75 Å². The fourth-order valence-electron chi connectivity index (χ4n) is 3.47. The molecule has 2 heterocycles. The molecule has 0 unspecified atom stereocenters. The third kappa shape index (κ3) is 4.32. The van der Waals surface area contributed by atoms with Crippen molar-refractivity contribution in [3.8, 4) is 5.75 Å². The maximum absolute atomic E-state index is 13.7. The number of nitrogens with zero attached hydrogens (tertiary/aromatic N) is 2. The van der Waals surface area contributed by atoms with E-state index in [2.05, 4.69) is 0 Å². The van der Waals surface area contributed by atoms with Crippen LogP contribution in [0.2, 0.25) is 0 Å². The van der Waals surface area contributed by atoms with E-state index < -0.39 is 11.6 Å². The van der Waals surface area contributed by atoms with Crippen molar-refractivity contribution in [1.82, 2.24) is 4.57 Å². The molecule has 0 aliphatic rings. The van der Waals surface area contributed by atoms with Gasteiger partial charge in [-0.25, -0.2) is 13.3 Å². The molecule has 0 aliphatic heterocycles. The lowest BCUT2D eigenvalue weighted by Crippen LogP contribution is -3.00. The number of rotatable bonds is 5. The number of halogens is 3. The Morgan fingerprint density at radius 3 is 2.28 bits per heavy atom. The van der Waals surface area contributed by atoms with Gasteiger partial charge in [-0.15, -0.1) is 0 Å². The zero-order valence-electron chi connectivity index (χ0n) is 16.2. The monoisotopic (exact) mass is 458 g/mol. The Morgan fingerprint density at radius 1 is 0.897 bits per heavy atom. The van der Waals surface area contributed by atoms with Gasteiger partial charge in [0.1, 0.15) is 36.2 Å². The van der Waals surface area contributed by atoms with E-state index in [1.165, 1.54) is 12.1 Å². The van der Waals surface area contributed by atoms with Crippen molar-refractivity contribution >= 4 is 5.65 Å². The van der Waals surface area contributed by atoms with Gasteiger partial charge in [-0.3, -0.25) is 0 Å². The molecule has 3 nitrogen and oxygen atoms in total. The normalized spacial score (nSPS) is 10.8. The summed E-state index contributed by atoms with van der Waals surface area (Å²) in [6.07, 6.45) is 1.97. The van der Waals surface area contributed by atoms with Crippen molar-refractivity contribution < 1.29 is 34.9 Å². The van der Waals surface area contributed by atoms with E-state index >= 15 is 0 Å². The fraction of sp³-hybridized carbons (Fsp3) is 0.174. The van der Waals surface area contributed by atoms with Crippen LogP contribution in [0.3, 0.4) is 0 Å². The van der Waals surface area contributed by atoms with Crippen LogP contribution in [-0.2, 0) is 13.2 Å². The Hall–Kier alpha value is -2.73. The summed E-state index contributed by atoms with van der Waals surface area (Å²) in [7, 11) is 0. The number of pyridine rings is 1. The van der Waals surface area contributed by atoms with Gasteiger partial charge in [0.25, 0.3) is 0 Å². The molecule has 0 amide bonds. The average molecular weight is 459 g/mol. The largest absolute Gasteiger partial charge is 1.00 e. The highest BCUT2D eigenvalue weighted by molar-refractivity contribution is 5.50. The van der Waals surface area contributed by atoms with Crippen LogP contribution in [0.1, 0.15) is 22.5 Å². The number of ether oxygens (including phenoxy) is 1. The number of hydrogen-bond acceptors (Lipinski definition) is 1. The fourth-order valence-corrected chi connectivity index (χ4v) is 3.47. The Labute approximate surface area is 179 Å². The molecule has 29 heavy (non-hydrogen) atoms. The summed E-state index contributed by atoms with van der Waals surface area (Å²) in [6, 6.07) is 17.4. The van der Waals surface area contributed by atoms with Crippen LogP contribution in [0.15, 0.2) is 66.9 Å². The first-order chi connectivity index (χ1) is 13.5. The van der Waals surface area contributed by atoms with Gasteiger partial charge in [0, 0.05) is 19.9 Å². The van der Waals surface area contributed by atoms with Gasteiger partial charge in [-0.2, -0.15) is 4.40 Å². The minimum Gasteiger partial charge on any atom is -1.00 e. The molecule has 0 atom stereocenters. The van der Waals surface area contributed by atoms with Crippen molar-refractivity contribution in [1.29, 1.82) is 0 Å². The molecular formula is C23H21BrF2N2O. The van der Waals surface area contributed by atoms with E-state index in [0.717, 1.165) is 34.4 Å². The van der Waals surface area contributed by atoms with Gasteiger partial charge >= 0.3 is 5.65 Å². The minimum absolute atomic E-state index is 0. The zero-order valence-corrected chi connectivity index (χ0v) is 17.8. The summed E-state index contributed by atoms with van der Waals surface area (Å²) in [5.74, 6) is -0.428. The first kappa shape index (κ1) is 21.0. The van der Waals surface area contributed by atoms with Crippen molar-refractivity contribution in [3.63, 3.8) is 0 Å². The van der Waals surface area contributed by atoms with Gasteiger partial charge in [0.15, 0.2) is 0 Å². The molecule has 0 fully saturated rings. The highest BCUT2D eigenvalue weighted by Crippen LogP contribution is 2.23. The van der Waals surface area contributed by atoms with Gasteiger partial charge in [0.05, 0.1) is 6.20 Å². The molecule has 2 aromatic carbocycles. The number of aromatic nitrogens is 2. The SMILES string of the molecule is Cc1c(C)[n+]2cccc(OCc3ccccc3)c2n1Cc1cc(F)cc(F)c1.[Br-]. The Bertz CT molecular complexity index is 1120. The van der Waals surface area contributed by atoms with E-state index in [1.807, 2.05) is 71.5 Å². The number of fused-ring (bicyclic) bond motifs is 1. The lowest BCUT2D eigenvalue weighted by atomic mass is 10.2. The molecule has 4 rings (SSSR count). The Morgan fingerprint density at radius 2 is 1.59 bits per heavy atom. The maximum Gasteiger partial charge on any atom is 0.329 e. The van der Waals surface area contributed by atoms with Crippen molar-refractivity contribution in [2.45, 2.75) is 27.0 Å². The van der Waals surface area contributed by atoms with Gasteiger partial charge in [-0.1, -0.05) is 30.3 Å². The lowest BCUT2D eigenvalue weighted by Gasteiger charge is -2.07. The third-order valence-corrected chi connectivity index (χ3v) is 4.98. The number of hydrogen-bond donors (Lipinski definition) is 0. The Balaban J connectivity index is 0.00000240. The summed E-state index contributed by atoms with van der Waals surface area (Å²) < 4.78 is 37.5. The topological polar surface area (TPSA) is 18.3 Å². The standard InChI is InChI=1S/C23H21F2N2O.BrH/c1-16-17(2)27(14-19-11-20(24)13-21(25)12-19)23-22(9-6-10-26(16)23)28-15-18-7-4-3-5-8-18;/h3-13H,14-15H2,1-2H3;1H/q+1;/p-1. The molecule has 0 saturated heterocycles. The summed E-state index contributed by atoms with van der Waals surface area (Å²) in [6.45, 7) is 4.81. The quantitative estimate of drug-likeness (QED) is 0.416. The summed E-state index contributed by atoms with van der Waals surface area (Å²) in [5, 5.41) is 0. The number of benzene rings is 2. The molecule has 0 bridgehead atoms. The van der Waals surface area contributed by atoms with E-state index in [-0.39, 0.29) is 17.0 Å². The third-order valence-electron chi connectivity index (χ3n) is 4.98. The molecular weight excluding hydrogens is 438 g/mol. The van der Waals surface area contributed by atoms with E-state index in [1.54, 1.807) is 0 Å². The van der Waals surface area contributed by atoms with Crippen LogP contribution in [0.25, 0.3) is 5.65 Å². The van der Waals surface area contributed by atoms with Crippen LogP contribution in [0, 0.1) is 25.5 Å². The minimum atomic E-state index is -0.575. The van der Waals surface area contributed by atoms with E-state index in [0.29, 0.717) is 18.7 Å². The van der Waals surface area contributed by atoms with Crippen LogP contribution in [-0.4, -0.2) is 4.57 Å². The first-order valence-electron chi connectivity index (χ1n) is 9.14. The summed E-state index contributed by atoms with van der Waals surface area (Å²) in [4.78, 5) is 0.